The van der Waals surface area contributed by atoms with Gasteiger partial charge in [0.25, 0.3) is 0 Å². The largest absolute Gasteiger partial charge is 0.462 e. The molecule has 0 aromatic heterocycles. The van der Waals surface area contributed by atoms with Crippen molar-refractivity contribution in [3.05, 3.63) is 123 Å². The number of halogens is 3. The number of carbonyl (C=O) groups excluding carboxylic acids is 2. The number of esters is 2. The van der Waals surface area contributed by atoms with Crippen LogP contribution in [0.25, 0.3) is 22.3 Å². The lowest BCUT2D eigenvalue weighted by Gasteiger charge is -2.14. The first-order valence-electron chi connectivity index (χ1n) is 10.9. The fourth-order valence-corrected chi connectivity index (χ4v) is 3.11. The van der Waals surface area contributed by atoms with Gasteiger partial charge in [-0.2, -0.15) is 13.2 Å². The van der Waals surface area contributed by atoms with E-state index in [0.717, 1.165) is 48.1 Å². The van der Waals surface area contributed by atoms with Crippen LogP contribution >= 0.6 is 0 Å². The Morgan fingerprint density at radius 1 is 0.632 bits per heavy atom. The SMILES string of the molecule is C=CC(=O)OC=COc1ccc(-c2ccc(-c3ccc(OC=COC(=O)C=C)c(C(F)(F)F)c3)cc2)cc1. The standard InChI is InChI=1S/C29H21F3O6/c1-3-27(33)37-17-15-35-24-12-9-21(10-13-24)20-5-7-22(8-6-20)23-11-14-26(25(19-23)29(30,31)32)36-16-18-38-28(34)4-2/h3-19H,1-2H2. The van der Waals surface area contributed by atoms with Crippen LogP contribution in [0.1, 0.15) is 5.56 Å². The highest BCUT2D eigenvalue weighted by Gasteiger charge is 2.34. The Hall–Kier alpha value is -5.05. The molecule has 0 bridgehead atoms. The van der Waals surface area contributed by atoms with Crippen molar-refractivity contribution in [2.75, 3.05) is 0 Å². The molecule has 38 heavy (non-hydrogen) atoms. The van der Waals surface area contributed by atoms with Crippen LogP contribution in [0, 0.1) is 0 Å². The second-order valence-corrected chi connectivity index (χ2v) is 7.37. The summed E-state index contributed by atoms with van der Waals surface area (Å²) >= 11 is 0. The number of ether oxygens (including phenoxy) is 4. The van der Waals surface area contributed by atoms with Gasteiger partial charge in [0, 0.05) is 12.2 Å². The summed E-state index contributed by atoms with van der Waals surface area (Å²) in [6.45, 7) is 6.49. The molecule has 6 nitrogen and oxygen atoms in total. The molecule has 0 aliphatic rings. The van der Waals surface area contributed by atoms with Crippen LogP contribution in [0.4, 0.5) is 13.2 Å². The first-order valence-corrected chi connectivity index (χ1v) is 10.9. The monoisotopic (exact) mass is 522 g/mol. The minimum atomic E-state index is -4.68. The average Bonchev–Trinajstić information content (AvgIpc) is 2.93. The quantitative estimate of drug-likeness (QED) is 0.159. The van der Waals surface area contributed by atoms with E-state index < -0.39 is 29.4 Å². The van der Waals surface area contributed by atoms with Gasteiger partial charge < -0.3 is 18.9 Å². The number of hydrogen-bond acceptors (Lipinski definition) is 6. The van der Waals surface area contributed by atoms with Gasteiger partial charge in [-0.05, 0) is 46.5 Å². The van der Waals surface area contributed by atoms with E-state index in [2.05, 4.69) is 22.6 Å². The minimum absolute atomic E-state index is 0.339. The third-order valence-corrected chi connectivity index (χ3v) is 4.90. The normalized spacial score (nSPS) is 11.2. The summed E-state index contributed by atoms with van der Waals surface area (Å²) in [5.41, 5.74) is 1.62. The molecule has 3 aromatic rings. The third-order valence-electron chi connectivity index (χ3n) is 4.90. The molecule has 194 valence electrons. The van der Waals surface area contributed by atoms with Crippen molar-refractivity contribution >= 4 is 11.9 Å². The highest BCUT2D eigenvalue weighted by Crippen LogP contribution is 2.39. The molecule has 0 saturated heterocycles. The second kappa shape index (κ2) is 12.8. The summed E-state index contributed by atoms with van der Waals surface area (Å²) in [6.07, 6.45) is 1.22. The fourth-order valence-electron chi connectivity index (χ4n) is 3.11. The molecular weight excluding hydrogens is 501 g/mol. The number of rotatable bonds is 10. The van der Waals surface area contributed by atoms with Crippen molar-refractivity contribution in [1.82, 2.24) is 0 Å². The van der Waals surface area contributed by atoms with Gasteiger partial charge in [0.15, 0.2) is 0 Å². The van der Waals surface area contributed by atoms with Crippen molar-refractivity contribution in [2.24, 2.45) is 0 Å². The van der Waals surface area contributed by atoms with Crippen molar-refractivity contribution in [1.29, 1.82) is 0 Å². The molecule has 0 amide bonds. The molecule has 9 heteroatoms. The Labute approximate surface area is 216 Å². The van der Waals surface area contributed by atoms with Crippen LogP contribution in [-0.4, -0.2) is 11.9 Å². The van der Waals surface area contributed by atoms with Crippen LogP contribution in [0.2, 0.25) is 0 Å². The second-order valence-electron chi connectivity index (χ2n) is 7.37. The highest BCUT2D eigenvalue weighted by molar-refractivity contribution is 5.82. The van der Waals surface area contributed by atoms with Gasteiger partial charge in [0.1, 0.15) is 36.5 Å². The highest BCUT2D eigenvalue weighted by atomic mass is 19.4. The minimum Gasteiger partial charge on any atom is -0.462 e. The molecule has 0 saturated carbocycles. The van der Waals surface area contributed by atoms with E-state index in [4.69, 9.17) is 9.47 Å². The molecule has 3 aromatic carbocycles. The fraction of sp³-hybridized carbons (Fsp3) is 0.0345. The first-order chi connectivity index (χ1) is 18.2. The van der Waals surface area contributed by atoms with Gasteiger partial charge in [-0.25, -0.2) is 9.59 Å². The van der Waals surface area contributed by atoms with Crippen LogP contribution in [-0.2, 0) is 25.2 Å². The molecular formula is C29H21F3O6. The van der Waals surface area contributed by atoms with Gasteiger partial charge in [-0.3, -0.25) is 0 Å². The molecule has 0 spiro atoms. The van der Waals surface area contributed by atoms with Crippen molar-refractivity contribution < 1.29 is 41.7 Å². The predicted molar refractivity (Wildman–Crippen MR) is 134 cm³/mol. The van der Waals surface area contributed by atoms with Crippen LogP contribution in [0.15, 0.2) is 117 Å². The molecule has 0 aliphatic heterocycles. The number of hydrogen-bond donors (Lipinski definition) is 0. The van der Waals surface area contributed by atoms with E-state index in [9.17, 15) is 22.8 Å². The summed E-state index contributed by atoms with van der Waals surface area (Å²) in [7, 11) is 0. The first kappa shape index (κ1) is 27.5. The number of carbonyl (C=O) groups is 2. The Morgan fingerprint density at radius 3 is 1.58 bits per heavy atom. The van der Waals surface area contributed by atoms with E-state index in [0.29, 0.717) is 16.9 Å². The Morgan fingerprint density at radius 2 is 1.08 bits per heavy atom. The summed E-state index contributed by atoms with van der Waals surface area (Å²) in [4.78, 5) is 22.0. The Kier molecular flexibility index (Phi) is 9.26. The summed E-state index contributed by atoms with van der Waals surface area (Å²) in [5.74, 6) is -1.32. The summed E-state index contributed by atoms with van der Waals surface area (Å²) in [6, 6.07) is 17.7. The Balaban J connectivity index is 1.72. The molecule has 0 aliphatic carbocycles. The van der Waals surface area contributed by atoms with Gasteiger partial charge in [0.05, 0.1) is 5.56 Å². The van der Waals surface area contributed by atoms with Gasteiger partial charge >= 0.3 is 18.1 Å². The van der Waals surface area contributed by atoms with E-state index in [1.807, 2.05) is 12.1 Å². The lowest BCUT2D eigenvalue weighted by atomic mass is 9.98. The van der Waals surface area contributed by atoms with Crippen molar-refractivity contribution in [2.45, 2.75) is 6.18 Å². The van der Waals surface area contributed by atoms with E-state index in [1.54, 1.807) is 36.4 Å². The molecule has 0 atom stereocenters. The van der Waals surface area contributed by atoms with Gasteiger partial charge in [-0.1, -0.05) is 55.6 Å². The molecule has 0 radical (unpaired) electrons. The average molecular weight is 522 g/mol. The third kappa shape index (κ3) is 7.72. The zero-order valence-corrected chi connectivity index (χ0v) is 19.8. The molecule has 0 heterocycles. The zero-order chi connectivity index (χ0) is 27.5. The molecule has 0 fully saturated rings. The molecule has 0 unspecified atom stereocenters. The Bertz CT molecular complexity index is 1350. The van der Waals surface area contributed by atoms with Gasteiger partial charge in [0.2, 0.25) is 0 Å². The van der Waals surface area contributed by atoms with Gasteiger partial charge in [-0.15, -0.1) is 0 Å². The lowest BCUT2D eigenvalue weighted by Crippen LogP contribution is -2.07. The lowest BCUT2D eigenvalue weighted by molar-refractivity contribution is -0.138. The molecule has 3 rings (SSSR count). The van der Waals surface area contributed by atoms with Crippen LogP contribution in [0.5, 0.6) is 11.5 Å². The molecule has 0 N–H and O–H groups in total. The van der Waals surface area contributed by atoms with E-state index in [-0.39, 0.29) is 0 Å². The number of benzene rings is 3. The maximum Gasteiger partial charge on any atom is 0.420 e. The maximum atomic E-state index is 13.7. The van der Waals surface area contributed by atoms with Crippen LogP contribution in [0.3, 0.4) is 0 Å². The maximum absolute atomic E-state index is 13.7. The van der Waals surface area contributed by atoms with E-state index >= 15 is 0 Å². The van der Waals surface area contributed by atoms with Crippen LogP contribution < -0.4 is 9.47 Å². The van der Waals surface area contributed by atoms with Crippen molar-refractivity contribution in [3.63, 3.8) is 0 Å². The summed E-state index contributed by atoms with van der Waals surface area (Å²) in [5, 5.41) is 0. The van der Waals surface area contributed by atoms with Crippen molar-refractivity contribution in [3.8, 4) is 33.8 Å². The van der Waals surface area contributed by atoms with E-state index in [1.165, 1.54) is 18.4 Å². The topological polar surface area (TPSA) is 71.1 Å². The number of alkyl halides is 3. The zero-order valence-electron chi connectivity index (χ0n) is 19.8. The predicted octanol–water partition coefficient (Wildman–Crippen LogP) is 7.20. The smallest absolute Gasteiger partial charge is 0.420 e. The summed E-state index contributed by atoms with van der Waals surface area (Å²) < 4.78 is 60.6.